The average molecular weight is 336 g/mol. The van der Waals surface area contributed by atoms with Crippen LogP contribution >= 0.6 is 11.3 Å². The molecule has 4 aromatic carbocycles. The monoisotopic (exact) mass is 336 g/mol. The molecule has 0 bridgehead atoms. The largest absolute Gasteiger partial charge is 0.135 e. The van der Waals surface area contributed by atoms with Crippen LogP contribution in [0, 0.1) is 0 Å². The van der Waals surface area contributed by atoms with Gasteiger partial charge >= 0.3 is 0 Å². The van der Waals surface area contributed by atoms with Gasteiger partial charge in [0.2, 0.25) is 0 Å². The number of hydrogen-bond acceptors (Lipinski definition) is 1. The molecule has 25 heavy (non-hydrogen) atoms. The lowest BCUT2D eigenvalue weighted by Gasteiger charge is -2.03. The summed E-state index contributed by atoms with van der Waals surface area (Å²) in [6, 6.07) is 34.7. The van der Waals surface area contributed by atoms with Crippen LogP contribution in [-0.2, 0) is 0 Å². The second-order valence-electron chi connectivity index (χ2n) is 6.23. The predicted molar refractivity (Wildman–Crippen MR) is 110 cm³/mol. The van der Waals surface area contributed by atoms with Crippen molar-refractivity contribution in [2.75, 3.05) is 0 Å². The van der Waals surface area contributed by atoms with Crippen molar-refractivity contribution in [3.05, 3.63) is 97.1 Å². The predicted octanol–water partition coefficient (Wildman–Crippen LogP) is 7.39. The molecule has 0 radical (unpaired) electrons. The first-order chi connectivity index (χ1) is 12.4. The fourth-order valence-corrected chi connectivity index (χ4v) is 4.67. The van der Waals surface area contributed by atoms with E-state index in [0.29, 0.717) is 0 Å². The van der Waals surface area contributed by atoms with E-state index in [1.807, 2.05) is 11.3 Å². The molecule has 0 amide bonds. The Labute approximate surface area is 151 Å². The van der Waals surface area contributed by atoms with Crippen LogP contribution in [0.2, 0.25) is 0 Å². The fraction of sp³-hybridized carbons (Fsp3) is 0. The fourth-order valence-electron chi connectivity index (χ4n) is 3.45. The third-order valence-corrected chi connectivity index (χ3v) is 5.91. The molecule has 0 nitrogen and oxygen atoms in total. The van der Waals surface area contributed by atoms with Crippen molar-refractivity contribution in [1.29, 1.82) is 0 Å². The van der Waals surface area contributed by atoms with Gasteiger partial charge in [0, 0.05) is 20.2 Å². The summed E-state index contributed by atoms with van der Waals surface area (Å²) in [4.78, 5) is 0. The van der Waals surface area contributed by atoms with Crippen LogP contribution < -0.4 is 0 Å². The Morgan fingerprint density at radius 3 is 1.96 bits per heavy atom. The van der Waals surface area contributed by atoms with E-state index in [9.17, 15) is 0 Å². The van der Waals surface area contributed by atoms with Crippen molar-refractivity contribution in [2.45, 2.75) is 0 Å². The maximum atomic E-state index is 2.33. The maximum absolute atomic E-state index is 2.33. The molecule has 0 aliphatic heterocycles. The van der Waals surface area contributed by atoms with Gasteiger partial charge in [-0.3, -0.25) is 0 Å². The quantitative estimate of drug-likeness (QED) is 0.315. The lowest BCUT2D eigenvalue weighted by Crippen LogP contribution is -1.78. The van der Waals surface area contributed by atoms with E-state index in [1.165, 1.54) is 42.4 Å². The zero-order chi connectivity index (χ0) is 16.6. The molecule has 1 heterocycles. The summed E-state index contributed by atoms with van der Waals surface area (Å²) in [5, 5.41) is 2.69. The Kier molecular flexibility index (Phi) is 3.39. The van der Waals surface area contributed by atoms with E-state index in [2.05, 4.69) is 97.1 Å². The Morgan fingerprint density at radius 1 is 0.480 bits per heavy atom. The van der Waals surface area contributed by atoms with Crippen molar-refractivity contribution >= 4 is 31.5 Å². The molecule has 1 heteroatoms. The number of thiophene rings is 1. The molecule has 5 rings (SSSR count). The lowest BCUT2D eigenvalue weighted by molar-refractivity contribution is 1.66. The van der Waals surface area contributed by atoms with E-state index < -0.39 is 0 Å². The number of hydrogen-bond donors (Lipinski definition) is 0. The van der Waals surface area contributed by atoms with Crippen LogP contribution in [0.4, 0.5) is 0 Å². The summed E-state index contributed by atoms with van der Waals surface area (Å²) >= 11 is 1.89. The number of rotatable bonds is 2. The SMILES string of the molecule is c1ccc(-c2ccc3sc4c(-c5ccccc5)cccc4c3c2)cc1. The van der Waals surface area contributed by atoms with Crippen molar-refractivity contribution < 1.29 is 0 Å². The summed E-state index contributed by atoms with van der Waals surface area (Å²) < 4.78 is 2.71. The van der Waals surface area contributed by atoms with Crippen LogP contribution in [-0.4, -0.2) is 0 Å². The molecule has 0 aliphatic carbocycles. The maximum Gasteiger partial charge on any atom is 0.0433 e. The molecule has 0 N–H and O–H groups in total. The zero-order valence-electron chi connectivity index (χ0n) is 13.6. The Balaban J connectivity index is 1.77. The molecule has 0 unspecified atom stereocenters. The highest BCUT2D eigenvalue weighted by Gasteiger charge is 2.11. The molecule has 0 atom stereocenters. The number of fused-ring (bicyclic) bond motifs is 3. The summed E-state index contributed by atoms with van der Waals surface area (Å²) in [6.07, 6.45) is 0. The molecule has 5 aromatic rings. The van der Waals surface area contributed by atoms with E-state index in [4.69, 9.17) is 0 Å². The van der Waals surface area contributed by atoms with Crippen LogP contribution in [0.25, 0.3) is 42.4 Å². The van der Waals surface area contributed by atoms with Gasteiger partial charge in [0.1, 0.15) is 0 Å². The smallest absolute Gasteiger partial charge is 0.0433 e. The summed E-state index contributed by atoms with van der Waals surface area (Å²) in [7, 11) is 0. The van der Waals surface area contributed by atoms with Crippen LogP contribution in [0.15, 0.2) is 97.1 Å². The third kappa shape index (κ3) is 2.45. The first kappa shape index (κ1) is 14.4. The Morgan fingerprint density at radius 2 is 1.20 bits per heavy atom. The minimum Gasteiger partial charge on any atom is -0.135 e. The van der Waals surface area contributed by atoms with Gasteiger partial charge < -0.3 is 0 Å². The van der Waals surface area contributed by atoms with Gasteiger partial charge in [-0.25, -0.2) is 0 Å². The minimum absolute atomic E-state index is 1.27. The van der Waals surface area contributed by atoms with Crippen molar-refractivity contribution in [1.82, 2.24) is 0 Å². The van der Waals surface area contributed by atoms with Gasteiger partial charge in [-0.15, -0.1) is 11.3 Å². The molecule has 0 saturated heterocycles. The molecule has 118 valence electrons. The Hall–Kier alpha value is -2.90. The van der Waals surface area contributed by atoms with Gasteiger partial charge in [0.15, 0.2) is 0 Å². The molecule has 0 spiro atoms. The van der Waals surface area contributed by atoms with Gasteiger partial charge in [0.05, 0.1) is 0 Å². The van der Waals surface area contributed by atoms with Crippen LogP contribution in [0.3, 0.4) is 0 Å². The molecule has 0 aliphatic rings. The molecular formula is C24H16S. The standard InChI is InChI=1S/C24H16S/c1-3-8-17(9-4-1)19-14-15-23-22(16-19)21-13-7-12-20(24(21)25-23)18-10-5-2-6-11-18/h1-16H. The van der Waals surface area contributed by atoms with Gasteiger partial charge in [-0.2, -0.15) is 0 Å². The van der Waals surface area contributed by atoms with Gasteiger partial charge in [-0.05, 0) is 34.4 Å². The first-order valence-electron chi connectivity index (χ1n) is 8.46. The molecular weight excluding hydrogens is 320 g/mol. The van der Waals surface area contributed by atoms with Crippen molar-refractivity contribution in [2.24, 2.45) is 0 Å². The first-order valence-corrected chi connectivity index (χ1v) is 9.28. The lowest BCUT2D eigenvalue weighted by atomic mass is 10.0. The van der Waals surface area contributed by atoms with Crippen molar-refractivity contribution in [3.8, 4) is 22.3 Å². The normalized spacial score (nSPS) is 11.2. The minimum atomic E-state index is 1.27. The van der Waals surface area contributed by atoms with Gasteiger partial charge in [0.25, 0.3) is 0 Å². The van der Waals surface area contributed by atoms with E-state index >= 15 is 0 Å². The highest BCUT2D eigenvalue weighted by atomic mass is 32.1. The summed E-state index contributed by atoms with van der Waals surface area (Å²) in [5.74, 6) is 0. The summed E-state index contributed by atoms with van der Waals surface area (Å²) in [5.41, 5.74) is 5.14. The van der Waals surface area contributed by atoms with Crippen molar-refractivity contribution in [3.63, 3.8) is 0 Å². The number of benzene rings is 4. The third-order valence-electron chi connectivity index (χ3n) is 4.69. The molecule has 0 fully saturated rings. The Bertz CT molecular complexity index is 1170. The van der Waals surface area contributed by atoms with Gasteiger partial charge in [-0.1, -0.05) is 84.9 Å². The topological polar surface area (TPSA) is 0 Å². The average Bonchev–Trinajstić information content (AvgIpc) is 3.07. The second kappa shape index (κ2) is 5.87. The molecule has 0 saturated carbocycles. The molecule has 1 aromatic heterocycles. The zero-order valence-corrected chi connectivity index (χ0v) is 14.5. The van der Waals surface area contributed by atoms with E-state index in [0.717, 1.165) is 0 Å². The van der Waals surface area contributed by atoms with E-state index in [-0.39, 0.29) is 0 Å². The summed E-state index contributed by atoms with van der Waals surface area (Å²) in [6.45, 7) is 0. The van der Waals surface area contributed by atoms with E-state index in [1.54, 1.807) is 0 Å². The van der Waals surface area contributed by atoms with Crippen LogP contribution in [0.5, 0.6) is 0 Å². The highest BCUT2D eigenvalue weighted by molar-refractivity contribution is 7.26. The second-order valence-corrected chi connectivity index (χ2v) is 7.28. The highest BCUT2D eigenvalue weighted by Crippen LogP contribution is 2.41. The van der Waals surface area contributed by atoms with Crippen LogP contribution in [0.1, 0.15) is 0 Å².